The minimum absolute atomic E-state index is 0.150. The van der Waals surface area contributed by atoms with Crippen LogP contribution in [0.3, 0.4) is 0 Å². The minimum atomic E-state index is -3.60. The largest absolute Gasteiger partial charge is 0.492 e. The molecule has 3 N–H and O–H groups in total. The normalized spacial score (nSPS) is 20.1. The van der Waals surface area contributed by atoms with Crippen LogP contribution >= 0.6 is 0 Å². The minimum Gasteiger partial charge on any atom is -0.492 e. The first kappa shape index (κ1) is 24.2. The molecule has 32 heavy (non-hydrogen) atoms. The molecule has 0 saturated carbocycles. The zero-order valence-corrected chi connectivity index (χ0v) is 19.6. The van der Waals surface area contributed by atoms with Crippen molar-refractivity contribution in [3.05, 3.63) is 54.1 Å². The molecule has 1 fully saturated rings. The third kappa shape index (κ3) is 5.66. The number of nitrogens with two attached hydrogens (primary N) is 1. The van der Waals surface area contributed by atoms with Crippen LogP contribution in [0.4, 0.5) is 5.69 Å². The SMILES string of the molecule is Cc1ccc(OCCN)cc1NC(=O)CN1C[C@@H](C)N(S(=O)(=O)c2ccccc2)[C@@H](C)C1. The maximum Gasteiger partial charge on any atom is 0.243 e. The third-order valence-corrected chi connectivity index (χ3v) is 7.61. The molecule has 1 aliphatic heterocycles. The number of piperazine rings is 1. The summed E-state index contributed by atoms with van der Waals surface area (Å²) in [5.41, 5.74) is 7.10. The maximum atomic E-state index is 13.1. The second kappa shape index (κ2) is 10.4. The molecule has 8 nitrogen and oxygen atoms in total. The molecule has 1 aliphatic rings. The summed E-state index contributed by atoms with van der Waals surface area (Å²) in [5.74, 6) is 0.501. The number of hydrogen-bond acceptors (Lipinski definition) is 6. The first-order valence-corrected chi connectivity index (χ1v) is 12.2. The second-order valence-corrected chi connectivity index (χ2v) is 10.0. The van der Waals surface area contributed by atoms with Gasteiger partial charge in [0.05, 0.1) is 11.4 Å². The van der Waals surface area contributed by atoms with Gasteiger partial charge < -0.3 is 15.8 Å². The molecule has 2 aromatic rings. The Labute approximate surface area is 190 Å². The number of rotatable bonds is 8. The van der Waals surface area contributed by atoms with Crippen molar-refractivity contribution in [2.45, 2.75) is 37.8 Å². The van der Waals surface area contributed by atoms with Gasteiger partial charge in [-0.1, -0.05) is 24.3 Å². The van der Waals surface area contributed by atoms with E-state index >= 15 is 0 Å². The van der Waals surface area contributed by atoms with Gasteiger partial charge >= 0.3 is 0 Å². The summed E-state index contributed by atoms with van der Waals surface area (Å²) in [5, 5.41) is 2.95. The van der Waals surface area contributed by atoms with Crippen LogP contribution in [0, 0.1) is 6.92 Å². The molecule has 0 aliphatic carbocycles. The van der Waals surface area contributed by atoms with E-state index in [0.717, 1.165) is 5.56 Å². The van der Waals surface area contributed by atoms with Crippen LogP contribution in [0.5, 0.6) is 5.75 Å². The highest BCUT2D eigenvalue weighted by Crippen LogP contribution is 2.26. The Morgan fingerprint density at radius 1 is 1.12 bits per heavy atom. The highest BCUT2D eigenvalue weighted by molar-refractivity contribution is 7.89. The van der Waals surface area contributed by atoms with E-state index < -0.39 is 10.0 Å². The lowest BCUT2D eigenvalue weighted by molar-refractivity contribution is -0.118. The average Bonchev–Trinajstić information content (AvgIpc) is 2.74. The molecule has 9 heteroatoms. The third-order valence-electron chi connectivity index (χ3n) is 5.47. The Morgan fingerprint density at radius 2 is 1.78 bits per heavy atom. The Hall–Kier alpha value is -2.46. The van der Waals surface area contributed by atoms with Gasteiger partial charge in [0.25, 0.3) is 0 Å². The van der Waals surface area contributed by atoms with Crippen LogP contribution in [0.15, 0.2) is 53.4 Å². The van der Waals surface area contributed by atoms with Crippen molar-refractivity contribution >= 4 is 21.6 Å². The summed E-state index contributed by atoms with van der Waals surface area (Å²) in [4.78, 5) is 15.0. The fourth-order valence-corrected chi connectivity index (χ4v) is 5.95. The first-order valence-electron chi connectivity index (χ1n) is 10.8. The lowest BCUT2D eigenvalue weighted by atomic mass is 10.1. The fourth-order valence-electron chi connectivity index (χ4n) is 4.13. The highest BCUT2D eigenvalue weighted by atomic mass is 32.2. The van der Waals surface area contributed by atoms with E-state index in [9.17, 15) is 13.2 Å². The van der Waals surface area contributed by atoms with E-state index in [1.54, 1.807) is 40.7 Å². The Bertz CT molecular complexity index is 1020. The maximum absolute atomic E-state index is 13.1. The predicted molar refractivity (Wildman–Crippen MR) is 125 cm³/mol. The molecule has 0 unspecified atom stereocenters. The molecule has 174 valence electrons. The molecule has 3 rings (SSSR count). The van der Waals surface area contributed by atoms with E-state index in [1.165, 1.54) is 0 Å². The molecular weight excluding hydrogens is 428 g/mol. The number of ether oxygens (including phenoxy) is 1. The second-order valence-electron chi connectivity index (χ2n) is 8.20. The zero-order valence-electron chi connectivity index (χ0n) is 18.8. The van der Waals surface area contributed by atoms with Gasteiger partial charge in [0.2, 0.25) is 15.9 Å². The summed E-state index contributed by atoms with van der Waals surface area (Å²) in [6.07, 6.45) is 0. The molecule has 1 heterocycles. The van der Waals surface area contributed by atoms with Crippen LogP contribution in [-0.2, 0) is 14.8 Å². The Kier molecular flexibility index (Phi) is 7.89. The zero-order chi connectivity index (χ0) is 23.3. The van der Waals surface area contributed by atoms with Crippen molar-refractivity contribution in [1.82, 2.24) is 9.21 Å². The molecule has 0 radical (unpaired) electrons. The average molecular weight is 461 g/mol. The molecule has 2 aromatic carbocycles. The first-order chi connectivity index (χ1) is 15.2. The van der Waals surface area contributed by atoms with E-state index in [2.05, 4.69) is 5.32 Å². The van der Waals surface area contributed by atoms with Crippen molar-refractivity contribution in [1.29, 1.82) is 0 Å². The van der Waals surface area contributed by atoms with Crippen molar-refractivity contribution in [3.63, 3.8) is 0 Å². The van der Waals surface area contributed by atoms with Crippen molar-refractivity contribution in [2.75, 3.05) is 38.1 Å². The number of benzene rings is 2. The van der Waals surface area contributed by atoms with Crippen molar-refractivity contribution in [3.8, 4) is 5.75 Å². The van der Waals surface area contributed by atoms with Gasteiger partial charge in [-0.05, 0) is 44.5 Å². The standard InChI is InChI=1S/C23H32N4O4S/c1-17-9-10-20(31-12-11-24)13-22(17)25-23(28)16-26-14-18(2)27(19(3)15-26)32(29,30)21-7-5-4-6-8-21/h4-10,13,18-19H,11-12,14-16,24H2,1-3H3,(H,25,28)/t18-,19+. The van der Waals surface area contributed by atoms with E-state index in [0.29, 0.717) is 37.7 Å². The number of carbonyl (C=O) groups is 1. The summed E-state index contributed by atoms with van der Waals surface area (Å²) < 4.78 is 33.4. The van der Waals surface area contributed by atoms with Gasteiger partial charge in [0.1, 0.15) is 12.4 Å². The number of hydrogen-bond donors (Lipinski definition) is 2. The molecule has 0 bridgehead atoms. The van der Waals surface area contributed by atoms with Crippen LogP contribution < -0.4 is 15.8 Å². The fraction of sp³-hybridized carbons (Fsp3) is 0.435. The summed E-state index contributed by atoms with van der Waals surface area (Å²) in [6, 6.07) is 13.5. The topological polar surface area (TPSA) is 105 Å². The number of amides is 1. The molecular formula is C23H32N4O4S. The number of sulfonamides is 1. The monoisotopic (exact) mass is 460 g/mol. The summed E-state index contributed by atoms with van der Waals surface area (Å²) >= 11 is 0. The van der Waals surface area contributed by atoms with Crippen molar-refractivity contribution < 1.29 is 17.9 Å². The van der Waals surface area contributed by atoms with Gasteiger partial charge in [-0.25, -0.2) is 8.42 Å². The number of anilines is 1. The van der Waals surface area contributed by atoms with Crippen LogP contribution in [0.25, 0.3) is 0 Å². The molecule has 2 atom stereocenters. The smallest absolute Gasteiger partial charge is 0.243 e. The van der Waals surface area contributed by atoms with Gasteiger partial charge in [0, 0.05) is 43.5 Å². The quantitative estimate of drug-likeness (QED) is 0.625. The van der Waals surface area contributed by atoms with E-state index in [-0.39, 0.29) is 29.4 Å². The number of nitrogens with one attached hydrogen (secondary N) is 1. The summed E-state index contributed by atoms with van der Waals surface area (Å²) in [7, 11) is -3.60. The van der Waals surface area contributed by atoms with Crippen LogP contribution in [0.2, 0.25) is 0 Å². The number of carbonyl (C=O) groups excluding carboxylic acids is 1. The van der Waals surface area contributed by atoms with Gasteiger partial charge in [-0.15, -0.1) is 0 Å². The van der Waals surface area contributed by atoms with Crippen molar-refractivity contribution in [2.24, 2.45) is 5.73 Å². The molecule has 0 aromatic heterocycles. The van der Waals surface area contributed by atoms with Gasteiger partial charge in [-0.2, -0.15) is 4.31 Å². The summed E-state index contributed by atoms with van der Waals surface area (Å²) in [6.45, 7) is 7.62. The molecule has 0 spiro atoms. The number of aryl methyl sites for hydroxylation is 1. The Balaban J connectivity index is 1.64. The Morgan fingerprint density at radius 3 is 2.41 bits per heavy atom. The molecule has 1 saturated heterocycles. The number of nitrogens with zero attached hydrogens (tertiary/aromatic N) is 2. The highest BCUT2D eigenvalue weighted by Gasteiger charge is 2.38. The van der Waals surface area contributed by atoms with E-state index in [4.69, 9.17) is 10.5 Å². The van der Waals surface area contributed by atoms with Gasteiger partial charge in [0.15, 0.2) is 0 Å². The van der Waals surface area contributed by atoms with Gasteiger partial charge in [-0.3, -0.25) is 9.69 Å². The van der Waals surface area contributed by atoms with Crippen LogP contribution in [0.1, 0.15) is 19.4 Å². The van der Waals surface area contributed by atoms with E-state index in [1.807, 2.05) is 37.8 Å². The predicted octanol–water partition coefficient (Wildman–Crippen LogP) is 2.05. The lowest BCUT2D eigenvalue weighted by Gasteiger charge is -2.43. The van der Waals surface area contributed by atoms with Crippen LogP contribution in [-0.4, -0.2) is 68.4 Å². The lowest BCUT2D eigenvalue weighted by Crippen LogP contribution is -2.59. The molecule has 1 amide bonds.